The third kappa shape index (κ3) is 4.16. The number of ether oxygens (including phenoxy) is 2. The Kier molecular flexibility index (Phi) is 4.90. The summed E-state index contributed by atoms with van der Waals surface area (Å²) in [6.45, 7) is 5.85. The summed E-state index contributed by atoms with van der Waals surface area (Å²) in [4.78, 5) is 4.12. The fourth-order valence-corrected chi connectivity index (χ4v) is 1.15. The maximum absolute atomic E-state index is 5.59. The molecule has 0 aliphatic carbocycles. The summed E-state index contributed by atoms with van der Waals surface area (Å²) < 4.78 is 10.6. The van der Waals surface area contributed by atoms with Gasteiger partial charge in [-0.25, -0.2) is 4.98 Å². The minimum Gasteiger partial charge on any atom is -0.495 e. The Balaban J connectivity index is 2.42. The Hall–Kier alpha value is -1.29. The summed E-state index contributed by atoms with van der Waals surface area (Å²) in [5.41, 5.74) is 0. The van der Waals surface area contributed by atoms with Crippen LogP contribution in [-0.2, 0) is 0 Å². The largest absolute Gasteiger partial charge is 0.495 e. The monoisotopic (exact) mass is 210 g/mol. The van der Waals surface area contributed by atoms with Gasteiger partial charge in [-0.15, -0.1) is 0 Å². The Morgan fingerprint density at radius 2 is 2.27 bits per heavy atom. The normalized spacial score (nSPS) is 12.2. The number of pyridine rings is 1. The third-order valence-electron chi connectivity index (χ3n) is 1.95. The van der Waals surface area contributed by atoms with Crippen molar-refractivity contribution in [3.63, 3.8) is 0 Å². The molecule has 0 saturated heterocycles. The number of nitrogens with one attached hydrogen (secondary N) is 1. The number of hydrogen-bond acceptors (Lipinski definition) is 4. The van der Waals surface area contributed by atoms with Crippen molar-refractivity contribution in [3.8, 4) is 11.6 Å². The van der Waals surface area contributed by atoms with Gasteiger partial charge in [-0.05, 0) is 19.5 Å². The van der Waals surface area contributed by atoms with Gasteiger partial charge in [0.2, 0.25) is 5.88 Å². The average Bonchev–Trinajstić information content (AvgIpc) is 2.27. The number of aromatic nitrogens is 1. The molecule has 15 heavy (non-hydrogen) atoms. The van der Waals surface area contributed by atoms with Gasteiger partial charge in [0.1, 0.15) is 11.9 Å². The lowest BCUT2D eigenvalue weighted by molar-refractivity contribution is 0.209. The highest BCUT2D eigenvalue weighted by Crippen LogP contribution is 2.13. The molecule has 0 aromatic carbocycles. The van der Waals surface area contributed by atoms with Gasteiger partial charge in [-0.3, -0.25) is 0 Å². The van der Waals surface area contributed by atoms with Gasteiger partial charge < -0.3 is 14.8 Å². The second-order valence-electron chi connectivity index (χ2n) is 3.27. The molecule has 0 radical (unpaired) electrons. The van der Waals surface area contributed by atoms with Crippen LogP contribution in [0.3, 0.4) is 0 Å². The zero-order valence-corrected chi connectivity index (χ0v) is 9.49. The predicted molar refractivity (Wildman–Crippen MR) is 59.4 cm³/mol. The second-order valence-corrected chi connectivity index (χ2v) is 3.27. The minimum absolute atomic E-state index is 0.117. The molecular weight excluding hydrogens is 192 g/mol. The van der Waals surface area contributed by atoms with Crippen molar-refractivity contribution in [2.24, 2.45) is 0 Å². The smallest absolute Gasteiger partial charge is 0.213 e. The lowest BCUT2D eigenvalue weighted by Gasteiger charge is -2.13. The van der Waals surface area contributed by atoms with E-state index < -0.39 is 0 Å². The molecule has 0 unspecified atom stereocenters. The van der Waals surface area contributed by atoms with E-state index >= 15 is 0 Å². The van der Waals surface area contributed by atoms with Gasteiger partial charge in [-0.2, -0.15) is 0 Å². The summed E-state index contributed by atoms with van der Waals surface area (Å²) in [6, 6.07) is 3.64. The van der Waals surface area contributed by atoms with Crippen LogP contribution in [-0.4, -0.2) is 31.3 Å². The molecule has 1 aromatic heterocycles. The molecule has 4 nitrogen and oxygen atoms in total. The highest BCUT2D eigenvalue weighted by atomic mass is 16.5. The molecule has 1 N–H and O–H groups in total. The average molecular weight is 210 g/mol. The van der Waals surface area contributed by atoms with Crippen molar-refractivity contribution in [3.05, 3.63) is 18.3 Å². The molecule has 0 bridgehead atoms. The number of likely N-dealkylation sites (N-methyl/N-ethyl adjacent to an activating group) is 1. The van der Waals surface area contributed by atoms with Crippen molar-refractivity contribution in [1.82, 2.24) is 10.3 Å². The summed E-state index contributed by atoms with van der Waals surface area (Å²) in [5, 5.41) is 3.21. The van der Waals surface area contributed by atoms with Crippen LogP contribution in [0.1, 0.15) is 13.8 Å². The van der Waals surface area contributed by atoms with E-state index in [1.54, 1.807) is 19.4 Å². The Labute approximate surface area is 90.6 Å². The molecule has 0 aliphatic heterocycles. The van der Waals surface area contributed by atoms with Gasteiger partial charge in [0, 0.05) is 12.6 Å². The van der Waals surface area contributed by atoms with Gasteiger partial charge in [0.25, 0.3) is 0 Å². The predicted octanol–water partition coefficient (Wildman–Crippen LogP) is 1.47. The summed E-state index contributed by atoms with van der Waals surface area (Å²) in [6.07, 6.45) is 1.76. The van der Waals surface area contributed by atoms with E-state index in [0.717, 1.165) is 18.8 Å². The van der Waals surface area contributed by atoms with Crippen LogP contribution in [0.4, 0.5) is 0 Å². The topological polar surface area (TPSA) is 43.4 Å². The molecule has 4 heteroatoms. The molecule has 84 valence electrons. The van der Waals surface area contributed by atoms with E-state index in [0.29, 0.717) is 5.88 Å². The van der Waals surface area contributed by atoms with E-state index in [4.69, 9.17) is 9.47 Å². The Bertz CT molecular complexity index is 274. The van der Waals surface area contributed by atoms with E-state index in [1.165, 1.54) is 0 Å². The van der Waals surface area contributed by atoms with E-state index in [9.17, 15) is 0 Å². The lowest BCUT2D eigenvalue weighted by Crippen LogP contribution is -2.28. The first-order chi connectivity index (χ1) is 7.26. The van der Waals surface area contributed by atoms with E-state index in [-0.39, 0.29) is 6.10 Å². The summed E-state index contributed by atoms with van der Waals surface area (Å²) in [5.74, 6) is 1.36. The van der Waals surface area contributed by atoms with Gasteiger partial charge >= 0.3 is 0 Å². The molecular formula is C11H18N2O2. The highest BCUT2D eigenvalue weighted by molar-refractivity contribution is 5.22. The zero-order chi connectivity index (χ0) is 11.1. The number of rotatable bonds is 6. The molecule has 1 heterocycles. The molecule has 0 amide bonds. The van der Waals surface area contributed by atoms with Crippen molar-refractivity contribution >= 4 is 0 Å². The molecule has 0 spiro atoms. The molecule has 1 atom stereocenters. The van der Waals surface area contributed by atoms with Crippen LogP contribution in [0.5, 0.6) is 11.6 Å². The quantitative estimate of drug-likeness (QED) is 0.772. The Morgan fingerprint density at radius 1 is 1.47 bits per heavy atom. The molecule has 0 aliphatic rings. The van der Waals surface area contributed by atoms with Crippen molar-refractivity contribution in [2.75, 3.05) is 20.2 Å². The third-order valence-corrected chi connectivity index (χ3v) is 1.95. The number of nitrogens with zero attached hydrogens (tertiary/aromatic N) is 1. The first-order valence-electron chi connectivity index (χ1n) is 5.13. The van der Waals surface area contributed by atoms with Gasteiger partial charge in [0.15, 0.2) is 0 Å². The van der Waals surface area contributed by atoms with Crippen LogP contribution < -0.4 is 14.8 Å². The highest BCUT2D eigenvalue weighted by Gasteiger charge is 2.03. The first kappa shape index (κ1) is 11.8. The zero-order valence-electron chi connectivity index (χ0n) is 9.49. The van der Waals surface area contributed by atoms with Crippen LogP contribution in [0, 0.1) is 0 Å². The molecule has 0 saturated carbocycles. The number of methoxy groups -OCH3 is 1. The van der Waals surface area contributed by atoms with Crippen molar-refractivity contribution in [1.29, 1.82) is 0 Å². The molecule has 1 aromatic rings. The van der Waals surface area contributed by atoms with Gasteiger partial charge in [0.05, 0.1) is 13.3 Å². The SMILES string of the molecule is CCNC[C@@H](C)Oc1ccc(OC)cn1. The lowest BCUT2D eigenvalue weighted by atomic mass is 10.4. The maximum Gasteiger partial charge on any atom is 0.213 e. The molecule has 0 fully saturated rings. The second kappa shape index (κ2) is 6.24. The Morgan fingerprint density at radius 3 is 2.80 bits per heavy atom. The van der Waals surface area contributed by atoms with E-state index in [1.807, 2.05) is 13.0 Å². The van der Waals surface area contributed by atoms with Crippen LogP contribution in [0.15, 0.2) is 18.3 Å². The molecule has 1 rings (SSSR count). The van der Waals surface area contributed by atoms with Crippen molar-refractivity contribution < 1.29 is 9.47 Å². The van der Waals surface area contributed by atoms with Gasteiger partial charge in [-0.1, -0.05) is 6.92 Å². The van der Waals surface area contributed by atoms with Crippen molar-refractivity contribution in [2.45, 2.75) is 20.0 Å². The first-order valence-corrected chi connectivity index (χ1v) is 5.13. The fourth-order valence-electron chi connectivity index (χ4n) is 1.15. The fraction of sp³-hybridized carbons (Fsp3) is 0.545. The summed E-state index contributed by atoms with van der Waals surface area (Å²) in [7, 11) is 1.62. The number of hydrogen-bond donors (Lipinski definition) is 1. The minimum atomic E-state index is 0.117. The van der Waals surface area contributed by atoms with Crippen LogP contribution >= 0.6 is 0 Å². The maximum atomic E-state index is 5.59. The van der Waals surface area contributed by atoms with Crippen LogP contribution in [0.25, 0.3) is 0 Å². The van der Waals surface area contributed by atoms with Crippen LogP contribution in [0.2, 0.25) is 0 Å². The standard InChI is InChI=1S/C11H18N2O2/c1-4-12-7-9(2)15-11-6-5-10(14-3)8-13-11/h5-6,8-9,12H,4,7H2,1-3H3/t9-/m1/s1. The van der Waals surface area contributed by atoms with E-state index in [2.05, 4.69) is 17.2 Å². The summed E-state index contributed by atoms with van der Waals surface area (Å²) >= 11 is 0.